The van der Waals surface area contributed by atoms with Gasteiger partial charge in [-0.25, -0.2) is 0 Å². The number of hydrogen-bond donors (Lipinski definition) is 1. The number of nitrogens with one attached hydrogen (secondary N) is 1. The molecule has 2 aliphatic carbocycles. The van der Waals surface area contributed by atoms with Crippen molar-refractivity contribution in [3.8, 4) is 11.5 Å². The number of ketones is 2. The molecule has 1 heterocycles. The summed E-state index contributed by atoms with van der Waals surface area (Å²) in [5.74, 6) is 0.364. The second-order valence-electron chi connectivity index (χ2n) is 13.9. The van der Waals surface area contributed by atoms with Crippen molar-refractivity contribution < 1.29 is 23.9 Å². The van der Waals surface area contributed by atoms with E-state index >= 15 is 0 Å². The fraction of sp³-hybridized carbons (Fsp3) is 0.472. The van der Waals surface area contributed by atoms with Gasteiger partial charge in [0.15, 0.2) is 29.7 Å². The average molecular weight is 585 g/mol. The van der Waals surface area contributed by atoms with E-state index in [0.717, 1.165) is 57.8 Å². The average Bonchev–Trinajstić information content (AvgIpc) is 2.90. The van der Waals surface area contributed by atoms with Crippen LogP contribution in [0.1, 0.15) is 82.9 Å². The Labute approximate surface area is 255 Å². The number of ether oxygens (including phenoxy) is 2. The number of hydrogen-bond acceptors (Lipinski definition) is 6. The molecule has 5 rings (SSSR count). The van der Waals surface area contributed by atoms with Crippen LogP contribution in [0.2, 0.25) is 0 Å². The number of allylic oxidation sites excluding steroid dienone is 4. The zero-order valence-corrected chi connectivity index (χ0v) is 26.8. The number of Topliss-reactive ketones (excluding diaryl/α,β-unsaturated/α-hetero) is 2. The molecule has 0 spiro atoms. The molecule has 2 aromatic rings. The van der Waals surface area contributed by atoms with Gasteiger partial charge in [-0.2, -0.15) is 0 Å². The summed E-state index contributed by atoms with van der Waals surface area (Å²) in [6.45, 7) is 14.5. The lowest BCUT2D eigenvalue weighted by Gasteiger charge is -2.47. The van der Waals surface area contributed by atoms with E-state index in [2.05, 4.69) is 37.9 Å². The highest BCUT2D eigenvalue weighted by Gasteiger charge is 2.48. The van der Waals surface area contributed by atoms with E-state index in [0.29, 0.717) is 30.9 Å². The molecule has 1 amide bonds. The van der Waals surface area contributed by atoms with Crippen LogP contribution in [0.4, 0.5) is 5.69 Å². The van der Waals surface area contributed by atoms with Crippen molar-refractivity contribution >= 4 is 23.2 Å². The van der Waals surface area contributed by atoms with Gasteiger partial charge in [-0.1, -0.05) is 45.9 Å². The van der Waals surface area contributed by atoms with E-state index in [-0.39, 0.29) is 34.9 Å². The van der Waals surface area contributed by atoms with Gasteiger partial charge in [0.25, 0.3) is 5.91 Å². The van der Waals surface area contributed by atoms with E-state index in [1.54, 1.807) is 6.07 Å². The number of anilines is 1. The Bertz CT molecular complexity index is 1510. The minimum Gasteiger partial charge on any atom is -0.490 e. The molecule has 0 atom stereocenters. The lowest BCUT2D eigenvalue weighted by Crippen LogP contribution is -2.43. The van der Waals surface area contributed by atoms with Crippen molar-refractivity contribution in [3.05, 3.63) is 75.6 Å². The van der Waals surface area contributed by atoms with E-state index in [4.69, 9.17) is 9.47 Å². The Hall–Kier alpha value is -3.87. The van der Waals surface area contributed by atoms with Crippen LogP contribution in [-0.2, 0) is 14.4 Å². The third-order valence-corrected chi connectivity index (χ3v) is 8.81. The Morgan fingerprint density at radius 2 is 1.47 bits per heavy atom. The first-order valence-electron chi connectivity index (χ1n) is 15.2. The summed E-state index contributed by atoms with van der Waals surface area (Å²) in [5, 5.41) is 2.93. The number of aryl methyl sites for hydroxylation is 2. The van der Waals surface area contributed by atoms with Gasteiger partial charge in [-0.3, -0.25) is 14.4 Å². The molecule has 0 saturated heterocycles. The zero-order valence-electron chi connectivity index (χ0n) is 26.8. The summed E-state index contributed by atoms with van der Waals surface area (Å²) >= 11 is 0. The maximum Gasteiger partial charge on any atom is 0.262 e. The smallest absolute Gasteiger partial charge is 0.262 e. The molecule has 1 aliphatic heterocycles. The molecule has 0 bridgehead atoms. The number of carbonyl (C=O) groups is 3. The van der Waals surface area contributed by atoms with E-state index in [9.17, 15) is 14.4 Å². The highest BCUT2D eigenvalue weighted by molar-refractivity contribution is 6.06. The quantitative estimate of drug-likeness (QED) is 0.376. The predicted octanol–water partition coefficient (Wildman–Crippen LogP) is 7.04. The maximum absolute atomic E-state index is 13.8. The lowest BCUT2D eigenvalue weighted by atomic mass is 9.64. The molecule has 0 saturated carbocycles. The number of amides is 1. The molecular weight excluding hydrogens is 540 g/mol. The van der Waals surface area contributed by atoms with Gasteiger partial charge in [0, 0.05) is 54.0 Å². The number of rotatable bonds is 7. The summed E-state index contributed by atoms with van der Waals surface area (Å²) in [5.41, 5.74) is 6.75. The standard InChI is InChI=1S/C36H44N2O5/c1-9-42-30-15-23(12-13-29(30)43-20-31(41)37-24-14-21(2)10-11-22(24)3)32-33-25(16-35(4,5)18-27(33)39)38(8)26-17-36(6,7)19-28(40)34(26)32/h10-15,32H,9,16-20H2,1-8H3,(H,37,41). The fourth-order valence-electron chi connectivity index (χ4n) is 6.79. The fourth-order valence-corrected chi connectivity index (χ4v) is 6.79. The molecule has 2 aromatic carbocycles. The van der Waals surface area contributed by atoms with Crippen LogP contribution < -0.4 is 14.8 Å². The molecule has 3 aliphatic rings. The summed E-state index contributed by atoms with van der Waals surface area (Å²) in [6, 6.07) is 11.5. The number of carbonyl (C=O) groups excluding carboxylic acids is 3. The van der Waals surface area contributed by atoms with Crippen molar-refractivity contribution in [1.82, 2.24) is 4.90 Å². The topological polar surface area (TPSA) is 84.9 Å². The van der Waals surface area contributed by atoms with E-state index < -0.39 is 5.92 Å². The molecule has 7 heteroatoms. The normalized spacial score (nSPS) is 19.7. The van der Waals surface area contributed by atoms with Crippen molar-refractivity contribution in [2.24, 2.45) is 10.8 Å². The summed E-state index contributed by atoms with van der Waals surface area (Å²) in [6.07, 6.45) is 2.41. The van der Waals surface area contributed by atoms with Gasteiger partial charge in [0.2, 0.25) is 0 Å². The van der Waals surface area contributed by atoms with Crippen LogP contribution in [0.5, 0.6) is 11.5 Å². The molecule has 228 valence electrons. The summed E-state index contributed by atoms with van der Waals surface area (Å²) in [4.78, 5) is 42.5. The van der Waals surface area contributed by atoms with Crippen LogP contribution in [0.25, 0.3) is 0 Å². The lowest BCUT2D eigenvalue weighted by molar-refractivity contribution is -0.120. The second-order valence-corrected chi connectivity index (χ2v) is 13.9. The van der Waals surface area contributed by atoms with Gasteiger partial charge < -0.3 is 19.7 Å². The summed E-state index contributed by atoms with van der Waals surface area (Å²) in [7, 11) is 2.01. The van der Waals surface area contributed by atoms with Crippen molar-refractivity contribution in [1.29, 1.82) is 0 Å². The first kappa shape index (κ1) is 30.6. The Morgan fingerprint density at radius 3 is 2.05 bits per heavy atom. The maximum atomic E-state index is 13.8. The van der Waals surface area contributed by atoms with Gasteiger partial charge in [0.1, 0.15) is 0 Å². The minimum absolute atomic E-state index is 0.0914. The molecule has 1 N–H and O–H groups in total. The first-order chi connectivity index (χ1) is 20.2. The zero-order chi connectivity index (χ0) is 31.3. The van der Waals surface area contributed by atoms with Gasteiger partial charge in [-0.05, 0) is 79.3 Å². The molecule has 0 unspecified atom stereocenters. The third-order valence-electron chi connectivity index (χ3n) is 8.81. The van der Waals surface area contributed by atoms with Crippen LogP contribution in [0, 0.1) is 24.7 Å². The van der Waals surface area contributed by atoms with Crippen molar-refractivity contribution in [2.75, 3.05) is 25.6 Å². The molecule has 0 fully saturated rings. The highest BCUT2D eigenvalue weighted by Crippen LogP contribution is 2.54. The molecule has 0 aromatic heterocycles. The van der Waals surface area contributed by atoms with Gasteiger partial charge in [-0.15, -0.1) is 0 Å². The van der Waals surface area contributed by atoms with Crippen LogP contribution in [0.15, 0.2) is 58.9 Å². The first-order valence-corrected chi connectivity index (χ1v) is 15.2. The predicted molar refractivity (Wildman–Crippen MR) is 168 cm³/mol. The number of nitrogens with zero attached hydrogens (tertiary/aromatic N) is 1. The second kappa shape index (κ2) is 11.3. The Kier molecular flexibility index (Phi) is 8.05. The van der Waals surface area contributed by atoms with E-state index in [1.165, 1.54) is 0 Å². The monoisotopic (exact) mass is 584 g/mol. The molecule has 7 nitrogen and oxygen atoms in total. The molecule has 0 radical (unpaired) electrons. The molecule has 43 heavy (non-hydrogen) atoms. The van der Waals surface area contributed by atoms with Crippen LogP contribution in [-0.4, -0.2) is 42.6 Å². The minimum atomic E-state index is -0.464. The Balaban J connectivity index is 1.50. The third kappa shape index (κ3) is 6.13. The van der Waals surface area contributed by atoms with Crippen LogP contribution >= 0.6 is 0 Å². The van der Waals surface area contributed by atoms with E-state index in [1.807, 2.05) is 58.2 Å². The largest absolute Gasteiger partial charge is 0.490 e. The van der Waals surface area contributed by atoms with Gasteiger partial charge >= 0.3 is 0 Å². The van der Waals surface area contributed by atoms with Gasteiger partial charge in [0.05, 0.1) is 6.61 Å². The number of benzene rings is 2. The van der Waals surface area contributed by atoms with Crippen molar-refractivity contribution in [2.45, 2.75) is 80.1 Å². The highest BCUT2D eigenvalue weighted by atomic mass is 16.5. The van der Waals surface area contributed by atoms with Crippen molar-refractivity contribution in [3.63, 3.8) is 0 Å². The summed E-state index contributed by atoms with van der Waals surface area (Å²) < 4.78 is 12.0. The van der Waals surface area contributed by atoms with Crippen LogP contribution in [0.3, 0.4) is 0 Å². The SMILES string of the molecule is CCOc1cc(C2C3=C(CC(C)(C)CC3=O)N(C)C3=C2C(=O)CC(C)(C)C3)ccc1OCC(=O)Nc1cc(C)ccc1C. The molecular formula is C36H44N2O5. The Morgan fingerprint density at radius 1 is 0.860 bits per heavy atom.